The molecule has 1 amide bonds. The van der Waals surface area contributed by atoms with E-state index >= 15 is 0 Å². The Balaban J connectivity index is 2.01. The van der Waals surface area contributed by atoms with Crippen LogP contribution in [-0.4, -0.2) is 23.1 Å². The standard InChI is InChI=1S/C17H17NO4/c1-11-8-9-15(19)14(10-11)17(21)22-12(2)16(20)18-13-6-4-3-5-7-13/h3-10,12,19H,1-2H3,(H,18,20)/t12-/m1/s1. The lowest BCUT2D eigenvalue weighted by atomic mass is 10.1. The van der Waals surface area contributed by atoms with Gasteiger partial charge in [0.15, 0.2) is 6.10 Å². The van der Waals surface area contributed by atoms with Gasteiger partial charge in [0.2, 0.25) is 0 Å². The van der Waals surface area contributed by atoms with Gasteiger partial charge in [-0.3, -0.25) is 4.79 Å². The zero-order chi connectivity index (χ0) is 16.1. The number of carbonyl (C=O) groups excluding carboxylic acids is 2. The molecule has 0 aromatic heterocycles. The molecule has 2 N–H and O–H groups in total. The number of amides is 1. The van der Waals surface area contributed by atoms with Crippen LogP contribution in [0.5, 0.6) is 5.75 Å². The molecule has 0 saturated heterocycles. The van der Waals surface area contributed by atoms with Crippen molar-refractivity contribution in [2.24, 2.45) is 0 Å². The molecule has 22 heavy (non-hydrogen) atoms. The largest absolute Gasteiger partial charge is 0.507 e. The predicted molar refractivity (Wildman–Crippen MR) is 82.8 cm³/mol. The lowest BCUT2D eigenvalue weighted by Gasteiger charge is -2.14. The van der Waals surface area contributed by atoms with Crippen LogP contribution in [0.1, 0.15) is 22.8 Å². The number of anilines is 1. The van der Waals surface area contributed by atoms with E-state index in [1.54, 1.807) is 37.3 Å². The summed E-state index contributed by atoms with van der Waals surface area (Å²) in [4.78, 5) is 24.0. The Morgan fingerprint density at radius 2 is 1.82 bits per heavy atom. The zero-order valence-electron chi connectivity index (χ0n) is 12.4. The molecular formula is C17H17NO4. The first-order valence-electron chi connectivity index (χ1n) is 6.84. The van der Waals surface area contributed by atoms with Crippen LogP contribution in [-0.2, 0) is 9.53 Å². The molecule has 0 heterocycles. The van der Waals surface area contributed by atoms with Crippen LogP contribution in [0.3, 0.4) is 0 Å². The summed E-state index contributed by atoms with van der Waals surface area (Å²) in [5.74, 6) is -1.35. The Morgan fingerprint density at radius 1 is 1.14 bits per heavy atom. The van der Waals surface area contributed by atoms with Crippen molar-refractivity contribution in [2.45, 2.75) is 20.0 Å². The lowest BCUT2D eigenvalue weighted by molar-refractivity contribution is -0.123. The van der Waals surface area contributed by atoms with Crippen LogP contribution < -0.4 is 5.32 Å². The molecule has 0 aliphatic carbocycles. The molecular weight excluding hydrogens is 282 g/mol. The van der Waals surface area contributed by atoms with E-state index < -0.39 is 18.0 Å². The second-order valence-corrected chi connectivity index (χ2v) is 4.92. The van der Waals surface area contributed by atoms with Gasteiger partial charge in [-0.1, -0.05) is 29.8 Å². The summed E-state index contributed by atoms with van der Waals surface area (Å²) in [6.07, 6.45) is -0.979. The summed E-state index contributed by atoms with van der Waals surface area (Å²) in [5, 5.41) is 12.3. The molecule has 0 saturated carbocycles. The van der Waals surface area contributed by atoms with Gasteiger partial charge in [0, 0.05) is 5.69 Å². The number of hydrogen-bond donors (Lipinski definition) is 2. The van der Waals surface area contributed by atoms with Gasteiger partial charge in [-0.2, -0.15) is 0 Å². The number of hydrogen-bond acceptors (Lipinski definition) is 4. The fourth-order valence-electron chi connectivity index (χ4n) is 1.86. The quantitative estimate of drug-likeness (QED) is 0.851. The van der Waals surface area contributed by atoms with Gasteiger partial charge in [0.05, 0.1) is 0 Å². The zero-order valence-corrected chi connectivity index (χ0v) is 12.4. The minimum Gasteiger partial charge on any atom is -0.507 e. The third-order valence-electron chi connectivity index (χ3n) is 3.07. The minimum atomic E-state index is -0.979. The molecule has 1 atom stereocenters. The fraction of sp³-hybridized carbons (Fsp3) is 0.176. The first-order valence-corrected chi connectivity index (χ1v) is 6.84. The maximum atomic E-state index is 12.0. The van der Waals surface area contributed by atoms with Crippen molar-refractivity contribution in [3.05, 3.63) is 59.7 Å². The third-order valence-corrected chi connectivity index (χ3v) is 3.07. The van der Waals surface area contributed by atoms with Crippen LogP contribution in [0.25, 0.3) is 0 Å². The lowest BCUT2D eigenvalue weighted by Crippen LogP contribution is -2.30. The SMILES string of the molecule is Cc1ccc(O)c(C(=O)O[C@H](C)C(=O)Nc2ccccc2)c1. The molecule has 0 aliphatic heterocycles. The number of benzene rings is 2. The highest BCUT2D eigenvalue weighted by atomic mass is 16.5. The maximum Gasteiger partial charge on any atom is 0.342 e. The van der Waals surface area contributed by atoms with E-state index in [-0.39, 0.29) is 11.3 Å². The molecule has 2 aromatic carbocycles. The van der Waals surface area contributed by atoms with E-state index in [0.29, 0.717) is 5.69 Å². The van der Waals surface area contributed by atoms with Crippen LogP contribution in [0, 0.1) is 6.92 Å². The first kappa shape index (κ1) is 15.6. The number of rotatable bonds is 4. The van der Waals surface area contributed by atoms with Gasteiger partial charge in [-0.05, 0) is 38.1 Å². The monoisotopic (exact) mass is 299 g/mol. The molecule has 0 bridgehead atoms. The number of esters is 1. The average molecular weight is 299 g/mol. The second-order valence-electron chi connectivity index (χ2n) is 4.92. The van der Waals surface area contributed by atoms with Crippen LogP contribution in [0.2, 0.25) is 0 Å². The summed E-state index contributed by atoms with van der Waals surface area (Å²) < 4.78 is 5.10. The van der Waals surface area contributed by atoms with E-state index in [0.717, 1.165) is 5.56 Å². The second kappa shape index (κ2) is 6.76. The Hall–Kier alpha value is -2.82. The third kappa shape index (κ3) is 3.85. The highest BCUT2D eigenvalue weighted by Gasteiger charge is 2.21. The molecule has 0 radical (unpaired) electrons. The van der Waals surface area contributed by atoms with E-state index in [4.69, 9.17) is 4.74 Å². The molecule has 5 nitrogen and oxygen atoms in total. The summed E-state index contributed by atoms with van der Waals surface area (Å²) in [5.41, 5.74) is 1.47. The van der Waals surface area contributed by atoms with Crippen molar-refractivity contribution < 1.29 is 19.4 Å². The number of phenols is 1. The molecule has 0 unspecified atom stereocenters. The van der Waals surface area contributed by atoms with E-state index in [2.05, 4.69) is 5.32 Å². The first-order chi connectivity index (χ1) is 10.5. The summed E-state index contributed by atoms with van der Waals surface area (Å²) in [6, 6.07) is 13.5. The highest BCUT2D eigenvalue weighted by Crippen LogP contribution is 2.20. The smallest absolute Gasteiger partial charge is 0.342 e. The predicted octanol–water partition coefficient (Wildman–Crippen LogP) is 2.88. The molecule has 114 valence electrons. The number of aromatic hydroxyl groups is 1. The van der Waals surface area contributed by atoms with Crippen LogP contribution in [0.4, 0.5) is 5.69 Å². The van der Waals surface area contributed by atoms with Gasteiger partial charge in [0.25, 0.3) is 5.91 Å². The van der Waals surface area contributed by atoms with Gasteiger partial charge >= 0.3 is 5.97 Å². The maximum absolute atomic E-state index is 12.0. The molecule has 0 spiro atoms. The number of nitrogens with one attached hydrogen (secondary N) is 1. The average Bonchev–Trinajstić information content (AvgIpc) is 2.50. The molecule has 0 aliphatic rings. The van der Waals surface area contributed by atoms with Crippen molar-refractivity contribution in [3.63, 3.8) is 0 Å². The Bertz CT molecular complexity index is 682. The van der Waals surface area contributed by atoms with E-state index in [1.165, 1.54) is 19.1 Å². The number of aryl methyl sites for hydroxylation is 1. The highest BCUT2D eigenvalue weighted by molar-refractivity contribution is 5.98. The van der Waals surface area contributed by atoms with Gasteiger partial charge < -0.3 is 15.2 Å². The van der Waals surface area contributed by atoms with Crippen molar-refractivity contribution in [3.8, 4) is 5.75 Å². The number of para-hydroxylation sites is 1. The van der Waals surface area contributed by atoms with Crippen LogP contribution >= 0.6 is 0 Å². The number of ether oxygens (including phenoxy) is 1. The number of phenolic OH excluding ortho intramolecular Hbond substituents is 1. The summed E-state index contributed by atoms with van der Waals surface area (Å²) >= 11 is 0. The van der Waals surface area contributed by atoms with Crippen molar-refractivity contribution in [1.29, 1.82) is 0 Å². The van der Waals surface area contributed by atoms with Crippen molar-refractivity contribution in [1.82, 2.24) is 0 Å². The summed E-state index contributed by atoms with van der Waals surface area (Å²) in [7, 11) is 0. The molecule has 2 aromatic rings. The number of carbonyl (C=O) groups is 2. The molecule has 0 fully saturated rings. The Morgan fingerprint density at radius 3 is 2.50 bits per heavy atom. The van der Waals surface area contributed by atoms with Gasteiger partial charge in [0.1, 0.15) is 11.3 Å². The minimum absolute atomic E-state index is 0.0411. The van der Waals surface area contributed by atoms with E-state index in [9.17, 15) is 14.7 Å². The normalized spacial score (nSPS) is 11.5. The molecule has 2 rings (SSSR count). The Kier molecular flexibility index (Phi) is 4.78. The van der Waals surface area contributed by atoms with Crippen molar-refractivity contribution >= 4 is 17.6 Å². The fourth-order valence-corrected chi connectivity index (χ4v) is 1.86. The van der Waals surface area contributed by atoms with Gasteiger partial charge in [-0.15, -0.1) is 0 Å². The topological polar surface area (TPSA) is 75.6 Å². The van der Waals surface area contributed by atoms with Crippen LogP contribution in [0.15, 0.2) is 48.5 Å². The van der Waals surface area contributed by atoms with E-state index in [1.807, 2.05) is 6.07 Å². The Labute approximate surface area is 128 Å². The van der Waals surface area contributed by atoms with Gasteiger partial charge in [-0.25, -0.2) is 4.79 Å². The summed E-state index contributed by atoms with van der Waals surface area (Å²) in [6.45, 7) is 3.27. The van der Waals surface area contributed by atoms with Crippen molar-refractivity contribution in [2.75, 3.05) is 5.32 Å². The molecule has 5 heteroatoms.